The van der Waals surface area contributed by atoms with Crippen molar-refractivity contribution in [2.45, 2.75) is 31.8 Å². The largest absolute Gasteiger partial charge is 0.332 e. The van der Waals surface area contributed by atoms with Crippen LogP contribution in [0.2, 0.25) is 0 Å². The lowest BCUT2D eigenvalue weighted by molar-refractivity contribution is -0.121. The lowest BCUT2D eigenvalue weighted by Gasteiger charge is -2.32. The molecule has 1 aromatic rings. The van der Waals surface area contributed by atoms with Gasteiger partial charge in [0.25, 0.3) is 0 Å². The van der Waals surface area contributed by atoms with E-state index in [-0.39, 0.29) is 18.0 Å². The number of urea groups is 1. The van der Waals surface area contributed by atoms with Crippen LogP contribution in [-0.2, 0) is 4.79 Å². The number of carbonyl (C=O) groups is 2. The molecule has 2 N–H and O–H groups in total. The van der Waals surface area contributed by atoms with E-state index in [0.29, 0.717) is 13.0 Å². The molecule has 0 aliphatic carbocycles. The van der Waals surface area contributed by atoms with Gasteiger partial charge in [0.2, 0.25) is 5.91 Å². The summed E-state index contributed by atoms with van der Waals surface area (Å²) in [5.74, 6) is -0.101. The summed E-state index contributed by atoms with van der Waals surface area (Å²) in [4.78, 5) is 30.0. The molecule has 2 atom stereocenters. The maximum Gasteiger partial charge on any atom is 0.315 e. The molecule has 1 aromatic heterocycles. The maximum atomic E-state index is 12.5. The predicted octanol–water partition coefficient (Wildman–Crippen LogP) is 1.45. The van der Waals surface area contributed by atoms with Gasteiger partial charge in [-0.2, -0.15) is 0 Å². The third-order valence-corrected chi connectivity index (χ3v) is 3.41. The molecule has 6 heteroatoms. The van der Waals surface area contributed by atoms with Crippen LogP contribution < -0.4 is 15.5 Å². The van der Waals surface area contributed by atoms with E-state index in [1.165, 1.54) is 0 Å². The standard InChI is InChI=1S/C15H20N4O2/c1-3-11(2)17-15(21)18-13-7-5-9-19(14(13)20)12-6-4-8-16-10-12/h3-4,6,8,10-11,13H,1,5,7,9H2,2H3,(H2,17,18,21). The fourth-order valence-corrected chi connectivity index (χ4v) is 2.24. The van der Waals surface area contributed by atoms with Gasteiger partial charge in [0.05, 0.1) is 11.9 Å². The van der Waals surface area contributed by atoms with Gasteiger partial charge in [0, 0.05) is 18.8 Å². The van der Waals surface area contributed by atoms with Gasteiger partial charge in [0.1, 0.15) is 6.04 Å². The number of rotatable bonds is 4. The van der Waals surface area contributed by atoms with E-state index >= 15 is 0 Å². The van der Waals surface area contributed by atoms with E-state index < -0.39 is 6.04 Å². The minimum Gasteiger partial charge on any atom is -0.332 e. The Balaban J connectivity index is 2.00. The third-order valence-electron chi connectivity index (χ3n) is 3.41. The van der Waals surface area contributed by atoms with Crippen LogP contribution in [0.25, 0.3) is 0 Å². The van der Waals surface area contributed by atoms with Crippen LogP contribution >= 0.6 is 0 Å². The number of carbonyl (C=O) groups excluding carboxylic acids is 2. The van der Waals surface area contributed by atoms with Crippen molar-refractivity contribution in [2.75, 3.05) is 11.4 Å². The fraction of sp³-hybridized carbons (Fsp3) is 0.400. The summed E-state index contributed by atoms with van der Waals surface area (Å²) in [5.41, 5.74) is 0.758. The molecule has 1 aliphatic heterocycles. The Morgan fingerprint density at radius 2 is 2.43 bits per heavy atom. The van der Waals surface area contributed by atoms with Gasteiger partial charge in [-0.25, -0.2) is 4.79 Å². The number of aromatic nitrogens is 1. The summed E-state index contributed by atoms with van der Waals surface area (Å²) in [7, 11) is 0. The fourth-order valence-electron chi connectivity index (χ4n) is 2.24. The number of hydrogen-bond acceptors (Lipinski definition) is 3. The normalized spacial score (nSPS) is 19.8. The van der Waals surface area contributed by atoms with E-state index in [9.17, 15) is 9.59 Å². The molecule has 6 nitrogen and oxygen atoms in total. The van der Waals surface area contributed by atoms with Gasteiger partial charge in [-0.3, -0.25) is 9.78 Å². The Hall–Kier alpha value is -2.37. The number of amides is 3. The van der Waals surface area contributed by atoms with E-state index in [4.69, 9.17) is 0 Å². The quantitative estimate of drug-likeness (QED) is 0.824. The van der Waals surface area contributed by atoms with E-state index in [2.05, 4.69) is 22.2 Å². The monoisotopic (exact) mass is 288 g/mol. The topological polar surface area (TPSA) is 74.3 Å². The Morgan fingerprint density at radius 3 is 3.10 bits per heavy atom. The van der Waals surface area contributed by atoms with E-state index in [0.717, 1.165) is 12.1 Å². The van der Waals surface area contributed by atoms with Crippen molar-refractivity contribution in [3.63, 3.8) is 0 Å². The third kappa shape index (κ3) is 3.81. The van der Waals surface area contributed by atoms with Crippen molar-refractivity contribution in [3.8, 4) is 0 Å². The molecule has 2 unspecified atom stereocenters. The first kappa shape index (κ1) is 15.0. The van der Waals surface area contributed by atoms with Crippen LogP contribution in [0.15, 0.2) is 37.2 Å². The lowest BCUT2D eigenvalue weighted by atomic mass is 10.0. The second-order valence-corrected chi connectivity index (χ2v) is 5.04. The van der Waals surface area contributed by atoms with Crippen molar-refractivity contribution in [3.05, 3.63) is 37.2 Å². The Morgan fingerprint density at radius 1 is 1.62 bits per heavy atom. The number of piperidine rings is 1. The summed E-state index contributed by atoms with van der Waals surface area (Å²) in [6.45, 7) is 6.07. The summed E-state index contributed by atoms with van der Waals surface area (Å²) in [6, 6.07) is 2.63. The average molecular weight is 288 g/mol. The summed E-state index contributed by atoms with van der Waals surface area (Å²) >= 11 is 0. The highest BCUT2D eigenvalue weighted by Gasteiger charge is 2.30. The highest BCUT2D eigenvalue weighted by Crippen LogP contribution is 2.19. The van der Waals surface area contributed by atoms with Gasteiger partial charge >= 0.3 is 6.03 Å². The Bertz CT molecular complexity index is 518. The Labute approximate surface area is 124 Å². The lowest BCUT2D eigenvalue weighted by Crippen LogP contribution is -2.55. The van der Waals surface area contributed by atoms with Crippen LogP contribution in [0.4, 0.5) is 10.5 Å². The van der Waals surface area contributed by atoms with Gasteiger partial charge in [0.15, 0.2) is 0 Å². The van der Waals surface area contributed by atoms with Gasteiger partial charge in [-0.15, -0.1) is 6.58 Å². The number of hydrogen-bond donors (Lipinski definition) is 2. The molecule has 0 radical (unpaired) electrons. The zero-order valence-corrected chi connectivity index (χ0v) is 12.1. The van der Waals surface area contributed by atoms with Crippen LogP contribution in [0.3, 0.4) is 0 Å². The van der Waals surface area contributed by atoms with E-state index in [1.54, 1.807) is 29.4 Å². The number of nitrogens with zero attached hydrogens (tertiary/aromatic N) is 2. The number of nitrogens with one attached hydrogen (secondary N) is 2. The zero-order chi connectivity index (χ0) is 15.2. The minimum absolute atomic E-state index is 0.101. The van der Waals surface area contributed by atoms with Gasteiger partial charge in [-0.1, -0.05) is 6.08 Å². The van der Waals surface area contributed by atoms with Crippen molar-refractivity contribution in [1.29, 1.82) is 0 Å². The van der Waals surface area contributed by atoms with Crippen molar-refractivity contribution < 1.29 is 9.59 Å². The van der Waals surface area contributed by atoms with Crippen molar-refractivity contribution >= 4 is 17.6 Å². The molecule has 21 heavy (non-hydrogen) atoms. The maximum absolute atomic E-state index is 12.5. The summed E-state index contributed by atoms with van der Waals surface area (Å²) in [6.07, 6.45) is 6.43. The summed E-state index contributed by atoms with van der Waals surface area (Å²) < 4.78 is 0. The molecule has 0 saturated carbocycles. The second-order valence-electron chi connectivity index (χ2n) is 5.04. The number of pyridine rings is 1. The smallest absolute Gasteiger partial charge is 0.315 e. The van der Waals surface area contributed by atoms with Crippen molar-refractivity contribution in [1.82, 2.24) is 15.6 Å². The molecule has 2 heterocycles. The van der Waals surface area contributed by atoms with Gasteiger partial charge in [-0.05, 0) is 31.9 Å². The first-order valence-corrected chi connectivity index (χ1v) is 7.03. The van der Waals surface area contributed by atoms with Crippen LogP contribution in [0, 0.1) is 0 Å². The molecule has 0 bridgehead atoms. The second kappa shape index (κ2) is 6.88. The first-order valence-electron chi connectivity index (χ1n) is 7.03. The zero-order valence-electron chi connectivity index (χ0n) is 12.1. The van der Waals surface area contributed by atoms with Gasteiger partial charge < -0.3 is 15.5 Å². The predicted molar refractivity (Wildman–Crippen MR) is 80.9 cm³/mol. The van der Waals surface area contributed by atoms with Crippen LogP contribution in [0.1, 0.15) is 19.8 Å². The van der Waals surface area contributed by atoms with Crippen LogP contribution in [0.5, 0.6) is 0 Å². The first-order chi connectivity index (χ1) is 10.1. The molecule has 112 valence electrons. The molecule has 3 amide bonds. The molecule has 1 aliphatic rings. The SMILES string of the molecule is C=CC(C)NC(=O)NC1CCCN(c2cccnc2)C1=O. The number of anilines is 1. The molecule has 1 saturated heterocycles. The highest BCUT2D eigenvalue weighted by atomic mass is 16.2. The molecule has 0 aromatic carbocycles. The van der Waals surface area contributed by atoms with E-state index in [1.807, 2.05) is 13.0 Å². The average Bonchev–Trinajstić information content (AvgIpc) is 2.50. The molecule has 1 fully saturated rings. The molecular weight excluding hydrogens is 268 g/mol. The Kier molecular flexibility index (Phi) is 4.92. The molecule has 0 spiro atoms. The van der Waals surface area contributed by atoms with Crippen molar-refractivity contribution in [2.24, 2.45) is 0 Å². The molecule has 2 rings (SSSR count). The summed E-state index contributed by atoms with van der Waals surface area (Å²) in [5, 5.41) is 5.42. The highest BCUT2D eigenvalue weighted by molar-refractivity contribution is 5.99. The van der Waals surface area contributed by atoms with Crippen LogP contribution in [-0.4, -0.2) is 35.6 Å². The minimum atomic E-state index is -0.504. The molecular formula is C15H20N4O2.